The van der Waals surface area contributed by atoms with Gasteiger partial charge < -0.3 is 11.5 Å². The first-order chi connectivity index (χ1) is 18.8. The molecular formula is C30H21BN4O4. The van der Waals surface area contributed by atoms with E-state index in [1.165, 1.54) is 24.3 Å². The number of hydrogen-bond donors (Lipinski definition) is 2. The number of nitro benzene ring substituents is 2. The molecule has 1 aliphatic rings. The average Bonchev–Trinajstić information content (AvgIpc) is 3.25. The smallest absolute Gasteiger partial charge is 0.269 e. The fourth-order valence-electron chi connectivity index (χ4n) is 5.40. The first-order valence-corrected chi connectivity index (χ1v) is 12.2. The number of anilines is 2. The second kappa shape index (κ2) is 9.14. The Labute approximate surface area is 223 Å². The Morgan fingerprint density at radius 3 is 1.28 bits per heavy atom. The van der Waals surface area contributed by atoms with Crippen molar-refractivity contribution in [2.24, 2.45) is 0 Å². The predicted molar refractivity (Wildman–Crippen MR) is 156 cm³/mol. The summed E-state index contributed by atoms with van der Waals surface area (Å²) in [6.45, 7) is -0.156. The van der Waals surface area contributed by atoms with Crippen LogP contribution in [0.25, 0.3) is 33.4 Å². The molecule has 5 aromatic carbocycles. The zero-order valence-corrected chi connectivity index (χ0v) is 20.6. The van der Waals surface area contributed by atoms with Crippen molar-refractivity contribution in [1.29, 1.82) is 0 Å². The second-order valence-corrected chi connectivity index (χ2v) is 9.58. The Morgan fingerprint density at radius 2 is 0.897 bits per heavy atom. The summed E-state index contributed by atoms with van der Waals surface area (Å²) < 4.78 is 0. The predicted octanol–water partition coefficient (Wildman–Crippen LogP) is 4.50. The highest BCUT2D eigenvalue weighted by atomic mass is 16.6. The third-order valence-corrected chi connectivity index (χ3v) is 7.17. The van der Waals surface area contributed by atoms with Crippen LogP contribution in [-0.2, 0) is 0 Å². The van der Waals surface area contributed by atoms with Crippen LogP contribution in [-0.4, -0.2) is 16.6 Å². The lowest BCUT2D eigenvalue weighted by atomic mass is 9.38. The molecule has 0 atom stereocenters. The minimum absolute atomic E-state index is 0.0409. The molecule has 0 fully saturated rings. The summed E-state index contributed by atoms with van der Waals surface area (Å²) in [7, 11) is 0. The van der Waals surface area contributed by atoms with Crippen LogP contribution in [0.15, 0.2) is 103 Å². The summed E-state index contributed by atoms with van der Waals surface area (Å²) >= 11 is 0. The van der Waals surface area contributed by atoms with E-state index in [1.54, 1.807) is 30.3 Å². The number of nitrogens with zero attached hydrogens (tertiary/aromatic N) is 2. The van der Waals surface area contributed by atoms with Crippen LogP contribution in [0, 0.1) is 20.2 Å². The van der Waals surface area contributed by atoms with Gasteiger partial charge in [0.2, 0.25) is 6.71 Å². The molecule has 5 aromatic rings. The molecule has 6 rings (SSSR count). The summed E-state index contributed by atoms with van der Waals surface area (Å²) in [5, 5.41) is 22.2. The van der Waals surface area contributed by atoms with Crippen molar-refractivity contribution in [2.75, 3.05) is 11.5 Å². The van der Waals surface area contributed by atoms with Gasteiger partial charge in [-0.25, -0.2) is 0 Å². The zero-order valence-electron chi connectivity index (χ0n) is 20.6. The molecule has 39 heavy (non-hydrogen) atoms. The highest BCUT2D eigenvalue weighted by Crippen LogP contribution is 2.31. The number of nitro groups is 2. The van der Waals surface area contributed by atoms with Crippen molar-refractivity contribution >= 4 is 45.9 Å². The molecule has 0 saturated heterocycles. The Hall–Kier alpha value is -5.44. The Morgan fingerprint density at radius 1 is 0.513 bits per heavy atom. The quantitative estimate of drug-likeness (QED) is 0.151. The van der Waals surface area contributed by atoms with E-state index in [2.05, 4.69) is 24.3 Å². The van der Waals surface area contributed by atoms with Gasteiger partial charge in [0.1, 0.15) is 0 Å². The van der Waals surface area contributed by atoms with Crippen LogP contribution >= 0.6 is 0 Å². The van der Waals surface area contributed by atoms with Gasteiger partial charge in [-0.15, -0.1) is 0 Å². The van der Waals surface area contributed by atoms with Gasteiger partial charge in [0.05, 0.1) is 9.85 Å². The van der Waals surface area contributed by atoms with Crippen LogP contribution in [0.2, 0.25) is 0 Å². The normalized spacial score (nSPS) is 11.6. The molecule has 0 aromatic heterocycles. The molecule has 8 nitrogen and oxygen atoms in total. The van der Waals surface area contributed by atoms with E-state index in [0.29, 0.717) is 11.4 Å². The van der Waals surface area contributed by atoms with Crippen LogP contribution < -0.4 is 27.9 Å². The van der Waals surface area contributed by atoms with Gasteiger partial charge in [-0.2, -0.15) is 0 Å². The van der Waals surface area contributed by atoms with Gasteiger partial charge in [-0.1, -0.05) is 52.8 Å². The number of nitrogen functional groups attached to an aromatic ring is 2. The minimum Gasteiger partial charge on any atom is -0.399 e. The topological polar surface area (TPSA) is 138 Å². The average molecular weight is 512 g/mol. The van der Waals surface area contributed by atoms with E-state index in [0.717, 1.165) is 49.8 Å². The number of rotatable bonds is 5. The van der Waals surface area contributed by atoms with E-state index in [9.17, 15) is 20.2 Å². The van der Waals surface area contributed by atoms with E-state index < -0.39 is 9.85 Å². The van der Waals surface area contributed by atoms with Crippen LogP contribution in [0.3, 0.4) is 0 Å². The molecule has 0 bridgehead atoms. The maximum atomic E-state index is 11.1. The third kappa shape index (κ3) is 4.25. The van der Waals surface area contributed by atoms with Crippen LogP contribution in [0.5, 0.6) is 0 Å². The van der Waals surface area contributed by atoms with Crippen molar-refractivity contribution in [3.05, 3.63) is 123 Å². The van der Waals surface area contributed by atoms with Crippen molar-refractivity contribution in [2.45, 2.75) is 0 Å². The first kappa shape index (κ1) is 23.9. The van der Waals surface area contributed by atoms with Gasteiger partial charge in [0.15, 0.2) is 0 Å². The number of fused-ring (bicyclic) bond motifs is 3. The number of non-ortho nitro benzene ring substituents is 2. The van der Waals surface area contributed by atoms with E-state index >= 15 is 0 Å². The highest BCUT2D eigenvalue weighted by Gasteiger charge is 2.34. The molecule has 0 aliphatic carbocycles. The molecule has 0 amide bonds. The molecule has 1 aliphatic heterocycles. The fourth-order valence-corrected chi connectivity index (χ4v) is 5.40. The second-order valence-electron chi connectivity index (χ2n) is 9.58. The molecule has 1 heterocycles. The van der Waals surface area contributed by atoms with Crippen LogP contribution in [0.1, 0.15) is 0 Å². The number of benzene rings is 5. The highest BCUT2D eigenvalue weighted by molar-refractivity contribution is 6.99. The fraction of sp³-hybridized carbons (Fsp3) is 0. The lowest BCUT2D eigenvalue weighted by molar-refractivity contribution is -0.385. The molecule has 0 saturated carbocycles. The Kier molecular flexibility index (Phi) is 5.61. The van der Waals surface area contributed by atoms with Gasteiger partial charge in [0.25, 0.3) is 11.4 Å². The molecule has 0 spiro atoms. The Balaban J connectivity index is 1.50. The van der Waals surface area contributed by atoms with Crippen molar-refractivity contribution in [3.63, 3.8) is 0 Å². The largest absolute Gasteiger partial charge is 0.399 e. The zero-order chi connectivity index (χ0) is 27.3. The van der Waals surface area contributed by atoms with Gasteiger partial charge >= 0.3 is 0 Å². The standard InChI is InChI=1S/C30H21BN4O4/c32-23-15-22(16-24(33)17-23)31-29-13-20(18-1-7-25(8-2-18)34(36)37)5-11-27(29)28-12-6-21(14-30(28)31)19-3-9-26(10-4-19)35(38)39/h1-17H,32-33H2. The third-order valence-electron chi connectivity index (χ3n) is 7.17. The molecule has 0 radical (unpaired) electrons. The molecule has 188 valence electrons. The summed E-state index contributed by atoms with van der Waals surface area (Å²) in [6.07, 6.45) is 0. The summed E-state index contributed by atoms with van der Waals surface area (Å²) in [5.41, 5.74) is 22.5. The first-order valence-electron chi connectivity index (χ1n) is 12.2. The molecular weight excluding hydrogens is 491 g/mol. The van der Waals surface area contributed by atoms with Gasteiger partial charge in [-0.05, 0) is 75.8 Å². The summed E-state index contributed by atoms with van der Waals surface area (Å²) in [4.78, 5) is 21.4. The number of nitrogens with two attached hydrogens (primary N) is 2. The lowest BCUT2D eigenvalue weighted by Gasteiger charge is -2.14. The van der Waals surface area contributed by atoms with E-state index in [-0.39, 0.29) is 18.1 Å². The molecule has 0 unspecified atom stereocenters. The van der Waals surface area contributed by atoms with Gasteiger partial charge in [-0.3, -0.25) is 20.2 Å². The van der Waals surface area contributed by atoms with E-state index in [1.807, 2.05) is 24.3 Å². The van der Waals surface area contributed by atoms with Gasteiger partial charge in [0, 0.05) is 35.6 Å². The van der Waals surface area contributed by atoms with Crippen molar-refractivity contribution < 1.29 is 9.85 Å². The van der Waals surface area contributed by atoms with Crippen molar-refractivity contribution in [3.8, 4) is 33.4 Å². The van der Waals surface area contributed by atoms with Crippen molar-refractivity contribution in [1.82, 2.24) is 0 Å². The lowest BCUT2D eigenvalue weighted by Crippen LogP contribution is -2.49. The summed E-state index contributed by atoms with van der Waals surface area (Å²) in [6, 6.07) is 31.0. The minimum atomic E-state index is -0.411. The maximum Gasteiger partial charge on any atom is 0.269 e. The SMILES string of the molecule is Nc1cc(N)cc(B2c3cc(-c4ccc([N+](=O)[O-])cc4)ccc3-c3ccc(-c4ccc([N+](=O)[O-])cc4)cc32)c1. The monoisotopic (exact) mass is 512 g/mol. The molecule has 4 N–H and O–H groups in total. The number of hydrogen-bond acceptors (Lipinski definition) is 6. The Bertz CT molecular complexity index is 1660. The van der Waals surface area contributed by atoms with E-state index in [4.69, 9.17) is 11.5 Å². The van der Waals surface area contributed by atoms with Crippen LogP contribution in [0.4, 0.5) is 22.7 Å². The summed E-state index contributed by atoms with van der Waals surface area (Å²) in [5.74, 6) is 0. The maximum absolute atomic E-state index is 11.1. The molecule has 9 heteroatoms.